The molecule has 0 aromatic heterocycles. The first kappa shape index (κ1) is 6.33. The number of hydrogen-bond acceptors (Lipinski definition) is 2. The molecular weight excluding hydrogens is 114 g/mol. The maximum Gasteiger partial charge on any atom is 0.175 e. The summed E-state index contributed by atoms with van der Waals surface area (Å²) in [4.78, 5) is 12.7. The minimum atomic E-state index is 0.176. The van der Waals surface area contributed by atoms with Crippen molar-refractivity contribution in [3.8, 4) is 0 Å². The summed E-state index contributed by atoms with van der Waals surface area (Å²) in [6.45, 7) is 2.60. The number of nitrogens with zero attached hydrogens (tertiary/aromatic N) is 1. The van der Waals surface area contributed by atoms with Gasteiger partial charge in [0.25, 0.3) is 0 Å². The Hall–Kier alpha value is -0.790. The zero-order valence-electron chi connectivity index (χ0n) is 5.85. The highest BCUT2D eigenvalue weighted by atomic mass is 16.1. The minimum Gasteiger partial charge on any atom is -0.372 e. The molecule has 0 bridgehead atoms. The van der Waals surface area contributed by atoms with Gasteiger partial charge >= 0.3 is 0 Å². The summed E-state index contributed by atoms with van der Waals surface area (Å²) in [6.07, 6.45) is 3.01. The molecule has 0 unspecified atom stereocenters. The first-order chi connectivity index (χ1) is 4.22. The standard InChI is InChI=1S/C7H11NO/c1-6(9)7-4-3-5-8(7)2/h4H,3,5H2,1-2H3. The van der Waals surface area contributed by atoms with E-state index >= 15 is 0 Å². The molecule has 0 saturated carbocycles. The van der Waals surface area contributed by atoms with Crippen LogP contribution in [0.2, 0.25) is 0 Å². The van der Waals surface area contributed by atoms with Gasteiger partial charge in [0, 0.05) is 20.5 Å². The van der Waals surface area contributed by atoms with Crippen molar-refractivity contribution >= 4 is 5.78 Å². The van der Waals surface area contributed by atoms with E-state index in [4.69, 9.17) is 0 Å². The Kier molecular flexibility index (Phi) is 1.56. The van der Waals surface area contributed by atoms with Gasteiger partial charge in [-0.25, -0.2) is 0 Å². The van der Waals surface area contributed by atoms with Gasteiger partial charge in [-0.15, -0.1) is 0 Å². The quantitative estimate of drug-likeness (QED) is 0.516. The second-order valence-corrected chi connectivity index (χ2v) is 2.36. The highest BCUT2D eigenvalue weighted by molar-refractivity contribution is 5.92. The van der Waals surface area contributed by atoms with E-state index in [9.17, 15) is 4.79 Å². The molecular formula is C7H11NO. The second kappa shape index (κ2) is 2.21. The molecule has 2 nitrogen and oxygen atoms in total. The fourth-order valence-electron chi connectivity index (χ4n) is 1.08. The third kappa shape index (κ3) is 1.12. The lowest BCUT2D eigenvalue weighted by atomic mass is 10.3. The molecule has 0 aromatic rings. The summed E-state index contributed by atoms with van der Waals surface area (Å²) < 4.78 is 0. The van der Waals surface area contributed by atoms with Crippen LogP contribution in [0, 0.1) is 0 Å². The van der Waals surface area contributed by atoms with Crippen molar-refractivity contribution in [2.24, 2.45) is 0 Å². The van der Waals surface area contributed by atoms with Crippen molar-refractivity contribution < 1.29 is 4.79 Å². The Labute approximate surface area is 55.2 Å². The number of ketones is 1. The summed E-state index contributed by atoms with van der Waals surface area (Å²) >= 11 is 0. The van der Waals surface area contributed by atoms with Crippen LogP contribution in [-0.4, -0.2) is 24.3 Å². The molecule has 0 aliphatic carbocycles. The van der Waals surface area contributed by atoms with Crippen molar-refractivity contribution in [3.63, 3.8) is 0 Å². The lowest BCUT2D eigenvalue weighted by Crippen LogP contribution is -2.17. The molecule has 1 aliphatic heterocycles. The molecule has 1 heterocycles. The van der Waals surface area contributed by atoms with Crippen LogP contribution in [0.25, 0.3) is 0 Å². The minimum absolute atomic E-state index is 0.176. The van der Waals surface area contributed by atoms with Crippen molar-refractivity contribution in [2.75, 3.05) is 13.6 Å². The topological polar surface area (TPSA) is 20.3 Å². The molecule has 0 aromatic carbocycles. The van der Waals surface area contributed by atoms with Crippen LogP contribution in [0.5, 0.6) is 0 Å². The van der Waals surface area contributed by atoms with Crippen LogP contribution < -0.4 is 0 Å². The molecule has 1 rings (SSSR count). The number of Topliss-reactive ketones (excluding diaryl/α,β-unsaturated/α-hetero) is 1. The smallest absolute Gasteiger partial charge is 0.175 e. The van der Waals surface area contributed by atoms with Crippen LogP contribution >= 0.6 is 0 Å². The van der Waals surface area contributed by atoms with Crippen LogP contribution in [0.4, 0.5) is 0 Å². The summed E-state index contributed by atoms with van der Waals surface area (Å²) in [5.74, 6) is 0.176. The summed E-state index contributed by atoms with van der Waals surface area (Å²) in [5, 5.41) is 0. The highest BCUT2D eigenvalue weighted by Crippen LogP contribution is 2.11. The molecule has 0 N–H and O–H groups in total. The van der Waals surface area contributed by atoms with E-state index in [1.165, 1.54) is 0 Å². The van der Waals surface area contributed by atoms with E-state index in [0.29, 0.717) is 0 Å². The lowest BCUT2D eigenvalue weighted by molar-refractivity contribution is -0.114. The SMILES string of the molecule is CC(=O)C1=CCCN1C. The number of rotatable bonds is 1. The molecule has 0 spiro atoms. The number of carbonyl (C=O) groups excluding carboxylic acids is 1. The van der Waals surface area contributed by atoms with E-state index < -0.39 is 0 Å². The van der Waals surface area contributed by atoms with E-state index in [2.05, 4.69) is 0 Å². The monoisotopic (exact) mass is 125 g/mol. The molecule has 50 valence electrons. The molecule has 2 heteroatoms. The molecule has 0 amide bonds. The Bertz CT molecular complexity index is 160. The molecule has 0 fully saturated rings. The Morgan fingerprint density at radius 1 is 1.78 bits per heavy atom. The number of carbonyl (C=O) groups is 1. The fourth-order valence-corrected chi connectivity index (χ4v) is 1.08. The van der Waals surface area contributed by atoms with Crippen LogP contribution in [0.1, 0.15) is 13.3 Å². The van der Waals surface area contributed by atoms with Crippen molar-refractivity contribution in [1.29, 1.82) is 0 Å². The summed E-state index contributed by atoms with van der Waals surface area (Å²) in [7, 11) is 1.94. The third-order valence-corrected chi connectivity index (χ3v) is 1.57. The fraction of sp³-hybridized carbons (Fsp3) is 0.571. The Balaban J connectivity index is 2.68. The maximum absolute atomic E-state index is 10.7. The predicted octanol–water partition coefficient (Wildman–Crippen LogP) is 0.795. The number of allylic oxidation sites excluding steroid dienone is 1. The van der Waals surface area contributed by atoms with Gasteiger partial charge in [0.05, 0.1) is 5.70 Å². The van der Waals surface area contributed by atoms with Gasteiger partial charge in [-0.05, 0) is 6.42 Å². The highest BCUT2D eigenvalue weighted by Gasteiger charge is 2.13. The summed E-state index contributed by atoms with van der Waals surface area (Å²) in [6, 6.07) is 0. The second-order valence-electron chi connectivity index (χ2n) is 2.36. The molecule has 0 atom stereocenters. The average molecular weight is 125 g/mol. The van der Waals surface area contributed by atoms with Gasteiger partial charge in [-0.3, -0.25) is 4.79 Å². The summed E-state index contributed by atoms with van der Waals surface area (Å²) in [5.41, 5.74) is 0.870. The van der Waals surface area contributed by atoms with Crippen LogP contribution in [0.15, 0.2) is 11.8 Å². The zero-order chi connectivity index (χ0) is 6.85. The van der Waals surface area contributed by atoms with E-state index in [0.717, 1.165) is 18.7 Å². The van der Waals surface area contributed by atoms with Crippen LogP contribution in [0.3, 0.4) is 0 Å². The molecule has 1 aliphatic rings. The number of likely N-dealkylation sites (N-methyl/N-ethyl adjacent to an activating group) is 1. The largest absolute Gasteiger partial charge is 0.372 e. The van der Waals surface area contributed by atoms with Gasteiger partial charge in [0.1, 0.15) is 0 Å². The van der Waals surface area contributed by atoms with E-state index in [-0.39, 0.29) is 5.78 Å². The Morgan fingerprint density at radius 2 is 2.44 bits per heavy atom. The number of hydrogen-bond donors (Lipinski definition) is 0. The van der Waals surface area contributed by atoms with Crippen molar-refractivity contribution in [3.05, 3.63) is 11.8 Å². The molecule has 0 radical (unpaired) electrons. The van der Waals surface area contributed by atoms with Gasteiger partial charge in [0.15, 0.2) is 5.78 Å². The predicted molar refractivity (Wildman–Crippen MR) is 36.0 cm³/mol. The van der Waals surface area contributed by atoms with Crippen molar-refractivity contribution in [2.45, 2.75) is 13.3 Å². The first-order valence-corrected chi connectivity index (χ1v) is 3.14. The normalized spacial score (nSPS) is 18.0. The average Bonchev–Trinajstić information content (AvgIpc) is 2.13. The van der Waals surface area contributed by atoms with Gasteiger partial charge < -0.3 is 4.90 Å². The van der Waals surface area contributed by atoms with Crippen molar-refractivity contribution in [1.82, 2.24) is 4.90 Å². The Morgan fingerprint density at radius 3 is 2.67 bits per heavy atom. The molecule has 0 saturated heterocycles. The van der Waals surface area contributed by atoms with E-state index in [1.54, 1.807) is 6.92 Å². The van der Waals surface area contributed by atoms with E-state index in [1.807, 2.05) is 18.0 Å². The maximum atomic E-state index is 10.7. The van der Waals surface area contributed by atoms with Gasteiger partial charge in [-0.1, -0.05) is 6.08 Å². The molecule has 9 heavy (non-hydrogen) atoms. The first-order valence-electron chi connectivity index (χ1n) is 3.14. The lowest BCUT2D eigenvalue weighted by Gasteiger charge is -2.12. The van der Waals surface area contributed by atoms with Crippen LogP contribution in [-0.2, 0) is 4.79 Å². The zero-order valence-corrected chi connectivity index (χ0v) is 5.85. The van der Waals surface area contributed by atoms with Gasteiger partial charge in [-0.2, -0.15) is 0 Å². The van der Waals surface area contributed by atoms with Gasteiger partial charge in [0.2, 0.25) is 0 Å². The third-order valence-electron chi connectivity index (χ3n) is 1.57.